The third kappa shape index (κ3) is 3.60. The minimum atomic E-state index is -0.892. The molecule has 3 aromatic rings. The summed E-state index contributed by atoms with van der Waals surface area (Å²) in [6.45, 7) is 8.92. The van der Waals surface area contributed by atoms with Crippen molar-refractivity contribution in [2.24, 2.45) is 0 Å². The number of aryl methyl sites for hydroxylation is 2. The van der Waals surface area contributed by atoms with E-state index >= 15 is 0 Å². The van der Waals surface area contributed by atoms with Crippen LogP contribution in [0, 0.1) is 6.92 Å². The van der Waals surface area contributed by atoms with Gasteiger partial charge in [-0.15, -0.1) is 0 Å². The molecule has 0 unspecified atom stereocenters. The number of carbonyl (C=O) groups is 1. The van der Waals surface area contributed by atoms with Gasteiger partial charge in [-0.05, 0) is 55.8 Å². The average Bonchev–Trinajstić information content (AvgIpc) is 3.14. The standard InChI is InChI=1S/C23H28N4O2/c1-4-8-27-9-7-18-20(14-19(23(28)29)16(2)22(18)27)17-5-6-21(24-15-17)26-12-10-25(3)11-13-26/h5-7,9,14-15H,4,8,10-13H2,1-3H3,(H,28,29). The maximum atomic E-state index is 11.9. The maximum absolute atomic E-state index is 11.9. The monoisotopic (exact) mass is 392 g/mol. The Morgan fingerprint density at radius 1 is 1.17 bits per heavy atom. The van der Waals surface area contributed by atoms with Crippen LogP contribution in [0.3, 0.4) is 0 Å². The molecule has 29 heavy (non-hydrogen) atoms. The largest absolute Gasteiger partial charge is 0.478 e. The molecule has 1 fully saturated rings. The minimum Gasteiger partial charge on any atom is -0.478 e. The van der Waals surface area contributed by atoms with Gasteiger partial charge in [0, 0.05) is 56.1 Å². The Balaban J connectivity index is 1.77. The Bertz CT molecular complexity index is 1030. The summed E-state index contributed by atoms with van der Waals surface area (Å²) < 4.78 is 2.16. The second-order valence-electron chi connectivity index (χ2n) is 7.87. The van der Waals surface area contributed by atoms with Crippen molar-refractivity contribution in [3.63, 3.8) is 0 Å². The van der Waals surface area contributed by atoms with Crippen LogP contribution in [0.4, 0.5) is 5.82 Å². The molecule has 0 aliphatic carbocycles. The number of hydrogen-bond acceptors (Lipinski definition) is 4. The molecule has 1 saturated heterocycles. The van der Waals surface area contributed by atoms with Crippen molar-refractivity contribution in [1.29, 1.82) is 0 Å². The van der Waals surface area contributed by atoms with E-state index in [1.165, 1.54) is 0 Å². The summed E-state index contributed by atoms with van der Waals surface area (Å²) in [4.78, 5) is 21.2. The number of piperazine rings is 1. The molecule has 152 valence electrons. The highest BCUT2D eigenvalue weighted by atomic mass is 16.4. The lowest BCUT2D eigenvalue weighted by Crippen LogP contribution is -2.44. The first-order valence-corrected chi connectivity index (χ1v) is 10.2. The number of nitrogens with zero attached hydrogens (tertiary/aromatic N) is 4. The number of aromatic carboxylic acids is 1. The van der Waals surface area contributed by atoms with Crippen LogP contribution >= 0.6 is 0 Å². The number of aromatic nitrogens is 2. The predicted molar refractivity (Wildman–Crippen MR) is 117 cm³/mol. The van der Waals surface area contributed by atoms with E-state index in [9.17, 15) is 9.90 Å². The molecule has 4 rings (SSSR count). The molecule has 1 aromatic carbocycles. The Morgan fingerprint density at radius 3 is 2.55 bits per heavy atom. The number of anilines is 1. The first kappa shape index (κ1) is 19.5. The van der Waals surface area contributed by atoms with Crippen LogP contribution in [0.1, 0.15) is 29.3 Å². The molecule has 1 N–H and O–H groups in total. The molecule has 1 aliphatic rings. The van der Waals surface area contributed by atoms with E-state index in [1.807, 2.05) is 13.1 Å². The van der Waals surface area contributed by atoms with Crippen molar-refractivity contribution in [1.82, 2.24) is 14.5 Å². The summed E-state index contributed by atoms with van der Waals surface area (Å²) in [6, 6.07) is 8.00. The number of pyridine rings is 1. The van der Waals surface area contributed by atoms with E-state index in [1.54, 1.807) is 6.07 Å². The van der Waals surface area contributed by atoms with Gasteiger partial charge in [0.2, 0.25) is 0 Å². The zero-order chi connectivity index (χ0) is 20.5. The van der Waals surface area contributed by atoms with Crippen LogP contribution in [-0.2, 0) is 6.54 Å². The molecule has 0 radical (unpaired) electrons. The van der Waals surface area contributed by atoms with Crippen LogP contribution in [0.15, 0.2) is 36.7 Å². The number of hydrogen-bond donors (Lipinski definition) is 1. The molecule has 2 aromatic heterocycles. The molecule has 0 amide bonds. The lowest BCUT2D eigenvalue weighted by Gasteiger charge is -2.33. The van der Waals surface area contributed by atoms with Gasteiger partial charge in [-0.3, -0.25) is 0 Å². The number of fused-ring (bicyclic) bond motifs is 1. The Kier molecular flexibility index (Phi) is 5.28. The smallest absolute Gasteiger partial charge is 0.336 e. The third-order valence-electron chi connectivity index (χ3n) is 5.88. The summed E-state index contributed by atoms with van der Waals surface area (Å²) >= 11 is 0. The van der Waals surface area contributed by atoms with E-state index in [-0.39, 0.29) is 0 Å². The molecule has 0 saturated carbocycles. The highest BCUT2D eigenvalue weighted by molar-refractivity contribution is 6.04. The topological polar surface area (TPSA) is 61.6 Å². The first-order valence-electron chi connectivity index (χ1n) is 10.2. The molecular formula is C23H28N4O2. The van der Waals surface area contributed by atoms with Crippen LogP contribution in [0.2, 0.25) is 0 Å². The van der Waals surface area contributed by atoms with E-state index in [0.29, 0.717) is 5.56 Å². The zero-order valence-electron chi connectivity index (χ0n) is 17.4. The number of rotatable bonds is 5. The summed E-state index contributed by atoms with van der Waals surface area (Å²) in [6.07, 6.45) is 4.93. The molecule has 1 aliphatic heterocycles. The molecule has 6 heteroatoms. The molecular weight excluding hydrogens is 364 g/mol. The summed E-state index contributed by atoms with van der Waals surface area (Å²) in [5.74, 6) is 0.0872. The number of likely N-dealkylation sites (N-methyl/N-ethyl adjacent to an activating group) is 1. The van der Waals surface area contributed by atoms with Gasteiger partial charge in [0.25, 0.3) is 0 Å². The minimum absolute atomic E-state index is 0.353. The molecule has 0 bridgehead atoms. The van der Waals surface area contributed by atoms with Gasteiger partial charge >= 0.3 is 5.97 Å². The molecule has 3 heterocycles. The van der Waals surface area contributed by atoms with E-state index in [2.05, 4.69) is 52.7 Å². The van der Waals surface area contributed by atoms with Crippen molar-refractivity contribution >= 4 is 22.7 Å². The van der Waals surface area contributed by atoms with Crippen LogP contribution in [0.5, 0.6) is 0 Å². The quantitative estimate of drug-likeness (QED) is 0.714. The molecule has 6 nitrogen and oxygen atoms in total. The Labute approximate surface area is 171 Å². The zero-order valence-corrected chi connectivity index (χ0v) is 17.4. The maximum Gasteiger partial charge on any atom is 0.336 e. The number of carboxylic acid groups (broad SMARTS) is 1. The second-order valence-corrected chi connectivity index (χ2v) is 7.87. The van der Waals surface area contributed by atoms with Crippen LogP contribution in [0.25, 0.3) is 22.0 Å². The third-order valence-corrected chi connectivity index (χ3v) is 5.88. The van der Waals surface area contributed by atoms with Gasteiger partial charge in [-0.25, -0.2) is 9.78 Å². The van der Waals surface area contributed by atoms with Gasteiger partial charge in [0.05, 0.1) is 11.1 Å². The van der Waals surface area contributed by atoms with Gasteiger partial charge < -0.3 is 19.5 Å². The fraction of sp³-hybridized carbons (Fsp3) is 0.391. The fourth-order valence-corrected chi connectivity index (χ4v) is 4.22. The van der Waals surface area contributed by atoms with Crippen molar-refractivity contribution < 1.29 is 9.90 Å². The summed E-state index contributed by atoms with van der Waals surface area (Å²) in [7, 11) is 2.14. The van der Waals surface area contributed by atoms with Crippen LogP contribution < -0.4 is 4.90 Å². The normalized spacial score (nSPS) is 15.2. The highest BCUT2D eigenvalue weighted by Gasteiger charge is 2.19. The first-order chi connectivity index (χ1) is 14.0. The summed E-state index contributed by atoms with van der Waals surface area (Å²) in [5, 5.41) is 10.8. The highest BCUT2D eigenvalue weighted by Crippen LogP contribution is 2.34. The van der Waals surface area contributed by atoms with Crippen molar-refractivity contribution in [2.45, 2.75) is 26.8 Å². The number of benzene rings is 1. The van der Waals surface area contributed by atoms with Crippen LogP contribution in [-0.4, -0.2) is 58.8 Å². The van der Waals surface area contributed by atoms with Gasteiger partial charge in [-0.2, -0.15) is 0 Å². The fourth-order valence-electron chi connectivity index (χ4n) is 4.22. The Morgan fingerprint density at radius 2 is 1.93 bits per heavy atom. The van der Waals surface area contributed by atoms with Gasteiger partial charge in [-0.1, -0.05) is 6.92 Å². The van der Waals surface area contributed by atoms with E-state index in [4.69, 9.17) is 4.98 Å². The molecule has 0 spiro atoms. The van der Waals surface area contributed by atoms with Gasteiger partial charge in [0.1, 0.15) is 5.82 Å². The average molecular weight is 393 g/mol. The predicted octanol–water partition coefficient (Wildman–Crippen LogP) is 3.87. The Hall–Kier alpha value is -2.86. The van der Waals surface area contributed by atoms with Gasteiger partial charge in [0.15, 0.2) is 0 Å². The second kappa shape index (κ2) is 7.87. The summed E-state index contributed by atoms with van der Waals surface area (Å²) in [5.41, 5.74) is 4.05. The van der Waals surface area contributed by atoms with Crippen molar-refractivity contribution in [3.05, 3.63) is 47.8 Å². The van der Waals surface area contributed by atoms with Crippen molar-refractivity contribution in [2.75, 3.05) is 38.1 Å². The van der Waals surface area contributed by atoms with E-state index in [0.717, 1.165) is 72.6 Å². The van der Waals surface area contributed by atoms with Crippen molar-refractivity contribution in [3.8, 4) is 11.1 Å². The SMILES string of the molecule is CCCn1ccc2c(-c3ccc(N4CCN(C)CC4)nc3)cc(C(=O)O)c(C)c21. The molecule has 0 atom stereocenters. The lowest BCUT2D eigenvalue weighted by atomic mass is 9.96. The van der Waals surface area contributed by atoms with E-state index < -0.39 is 5.97 Å². The lowest BCUT2D eigenvalue weighted by molar-refractivity contribution is 0.0696. The number of carboxylic acids is 1.